The third-order valence-corrected chi connectivity index (χ3v) is 2.03. The topological polar surface area (TPSA) is 48.3 Å². The third-order valence-electron chi connectivity index (χ3n) is 2.03. The number of nitrogens with zero attached hydrogens (tertiary/aromatic N) is 2. The summed E-state index contributed by atoms with van der Waals surface area (Å²) in [5, 5.41) is 11.6. The molecular formula is C11H21N3O. The summed E-state index contributed by atoms with van der Waals surface area (Å²) in [6.07, 6.45) is 0.552. The molecule has 0 bridgehead atoms. The van der Waals surface area contributed by atoms with Crippen molar-refractivity contribution >= 4 is 0 Å². The Morgan fingerprint density at radius 1 is 1.53 bits per heavy atom. The molecule has 0 aromatic carbocycles. The van der Waals surface area contributed by atoms with Crippen molar-refractivity contribution in [2.24, 2.45) is 0 Å². The highest BCUT2D eigenvalue weighted by atomic mass is 16.5. The van der Waals surface area contributed by atoms with Crippen LogP contribution in [0.3, 0.4) is 0 Å². The highest BCUT2D eigenvalue weighted by molar-refractivity contribution is 4.99. The van der Waals surface area contributed by atoms with Gasteiger partial charge in [-0.05, 0) is 12.6 Å². The van der Waals surface area contributed by atoms with Crippen LogP contribution in [0.25, 0.3) is 0 Å². The van der Waals surface area contributed by atoms with E-state index in [4.69, 9.17) is 10.00 Å². The Kier molecular flexibility index (Phi) is 9.08. The van der Waals surface area contributed by atoms with Gasteiger partial charge in [-0.3, -0.25) is 4.90 Å². The maximum Gasteiger partial charge on any atom is 0.0635 e. The van der Waals surface area contributed by atoms with Gasteiger partial charge in [-0.2, -0.15) is 5.26 Å². The van der Waals surface area contributed by atoms with Crippen molar-refractivity contribution in [1.29, 1.82) is 5.26 Å². The molecule has 0 fully saturated rings. The van der Waals surface area contributed by atoms with E-state index in [-0.39, 0.29) is 0 Å². The van der Waals surface area contributed by atoms with Crippen LogP contribution in [0.15, 0.2) is 12.2 Å². The van der Waals surface area contributed by atoms with Gasteiger partial charge in [0.2, 0.25) is 0 Å². The molecule has 15 heavy (non-hydrogen) atoms. The SMILES string of the molecule is C=C(CNC)CN(CCC#N)CCOC. The maximum atomic E-state index is 8.54. The number of ether oxygens (including phenoxy) is 1. The van der Waals surface area contributed by atoms with E-state index in [1.165, 1.54) is 0 Å². The van der Waals surface area contributed by atoms with Crippen molar-refractivity contribution in [2.75, 3.05) is 46.9 Å². The Bertz CT molecular complexity index is 210. The first-order chi connectivity index (χ1) is 7.24. The standard InChI is InChI=1S/C11H21N3O/c1-11(9-13-2)10-14(6-4-5-12)7-8-15-3/h13H,1,4,6-10H2,2-3H3. The maximum absolute atomic E-state index is 8.54. The van der Waals surface area contributed by atoms with E-state index in [1.807, 2.05) is 7.05 Å². The van der Waals surface area contributed by atoms with Crippen LogP contribution in [0.4, 0.5) is 0 Å². The van der Waals surface area contributed by atoms with Gasteiger partial charge < -0.3 is 10.1 Å². The number of nitriles is 1. The number of likely N-dealkylation sites (N-methyl/N-ethyl adjacent to an activating group) is 1. The average Bonchev–Trinajstić information content (AvgIpc) is 2.22. The van der Waals surface area contributed by atoms with E-state index >= 15 is 0 Å². The van der Waals surface area contributed by atoms with Gasteiger partial charge in [0, 0.05) is 39.7 Å². The zero-order chi connectivity index (χ0) is 11.5. The fourth-order valence-corrected chi connectivity index (χ4v) is 1.32. The van der Waals surface area contributed by atoms with Crippen molar-refractivity contribution in [3.8, 4) is 6.07 Å². The molecule has 0 atom stereocenters. The number of nitrogens with one attached hydrogen (secondary N) is 1. The van der Waals surface area contributed by atoms with Gasteiger partial charge in [-0.1, -0.05) is 6.58 Å². The zero-order valence-corrected chi connectivity index (χ0v) is 9.75. The number of rotatable bonds is 9. The first-order valence-electron chi connectivity index (χ1n) is 5.14. The molecule has 0 aliphatic rings. The van der Waals surface area contributed by atoms with Crippen molar-refractivity contribution < 1.29 is 4.74 Å². The number of methoxy groups -OCH3 is 1. The minimum Gasteiger partial charge on any atom is -0.383 e. The van der Waals surface area contributed by atoms with Crippen LogP contribution in [0, 0.1) is 11.3 Å². The van der Waals surface area contributed by atoms with Gasteiger partial charge in [0.15, 0.2) is 0 Å². The average molecular weight is 211 g/mol. The molecule has 1 N–H and O–H groups in total. The molecule has 4 nitrogen and oxygen atoms in total. The molecule has 0 saturated carbocycles. The summed E-state index contributed by atoms with van der Waals surface area (Å²) >= 11 is 0. The smallest absolute Gasteiger partial charge is 0.0635 e. The van der Waals surface area contributed by atoms with Gasteiger partial charge in [0.05, 0.1) is 12.7 Å². The van der Waals surface area contributed by atoms with Crippen molar-refractivity contribution in [2.45, 2.75) is 6.42 Å². The predicted molar refractivity (Wildman–Crippen MR) is 61.6 cm³/mol. The zero-order valence-electron chi connectivity index (χ0n) is 9.75. The van der Waals surface area contributed by atoms with Gasteiger partial charge in [0.25, 0.3) is 0 Å². The summed E-state index contributed by atoms with van der Waals surface area (Å²) < 4.78 is 5.02. The monoisotopic (exact) mass is 211 g/mol. The molecule has 0 unspecified atom stereocenters. The fraction of sp³-hybridized carbons (Fsp3) is 0.727. The van der Waals surface area contributed by atoms with Gasteiger partial charge in [-0.15, -0.1) is 0 Å². The van der Waals surface area contributed by atoms with E-state index in [0.717, 1.165) is 31.8 Å². The van der Waals surface area contributed by atoms with Gasteiger partial charge in [0.1, 0.15) is 0 Å². The van der Waals surface area contributed by atoms with E-state index in [2.05, 4.69) is 22.9 Å². The minimum absolute atomic E-state index is 0.552. The molecule has 0 amide bonds. The summed E-state index contributed by atoms with van der Waals surface area (Å²) in [5.74, 6) is 0. The molecule has 0 aliphatic carbocycles. The molecule has 86 valence electrons. The second-order valence-corrected chi connectivity index (χ2v) is 3.46. The summed E-state index contributed by atoms with van der Waals surface area (Å²) in [4.78, 5) is 2.19. The lowest BCUT2D eigenvalue weighted by Gasteiger charge is -2.21. The Hall–Kier alpha value is -0.890. The first kappa shape index (κ1) is 14.1. The van der Waals surface area contributed by atoms with Gasteiger partial charge in [-0.25, -0.2) is 0 Å². The van der Waals surface area contributed by atoms with Crippen LogP contribution in [0.1, 0.15) is 6.42 Å². The molecule has 0 heterocycles. The van der Waals surface area contributed by atoms with Crippen LogP contribution in [-0.2, 0) is 4.74 Å². The second kappa shape index (κ2) is 9.66. The molecule has 4 heteroatoms. The highest BCUT2D eigenvalue weighted by Crippen LogP contribution is 1.97. The molecule has 0 aliphatic heterocycles. The second-order valence-electron chi connectivity index (χ2n) is 3.46. The van der Waals surface area contributed by atoms with Crippen LogP contribution >= 0.6 is 0 Å². The molecule has 0 rings (SSSR count). The molecule has 0 aromatic rings. The Morgan fingerprint density at radius 3 is 2.80 bits per heavy atom. The normalized spacial score (nSPS) is 10.3. The molecule has 0 saturated heterocycles. The van der Waals surface area contributed by atoms with E-state index < -0.39 is 0 Å². The third kappa shape index (κ3) is 8.13. The molecule has 0 spiro atoms. The van der Waals surface area contributed by atoms with Crippen LogP contribution < -0.4 is 5.32 Å². The van der Waals surface area contributed by atoms with Gasteiger partial charge >= 0.3 is 0 Å². The summed E-state index contributed by atoms with van der Waals surface area (Å²) in [7, 11) is 3.59. The Labute approximate surface area is 92.5 Å². The first-order valence-corrected chi connectivity index (χ1v) is 5.14. The molecule has 0 aromatic heterocycles. The van der Waals surface area contributed by atoms with E-state index in [0.29, 0.717) is 13.0 Å². The largest absolute Gasteiger partial charge is 0.383 e. The fourth-order valence-electron chi connectivity index (χ4n) is 1.32. The van der Waals surface area contributed by atoms with Crippen LogP contribution in [-0.4, -0.2) is 51.8 Å². The van der Waals surface area contributed by atoms with E-state index in [1.54, 1.807) is 7.11 Å². The number of hydrogen-bond acceptors (Lipinski definition) is 4. The summed E-state index contributed by atoms with van der Waals surface area (Å²) in [6, 6.07) is 2.15. The lowest BCUT2D eigenvalue weighted by molar-refractivity contribution is 0.154. The lowest BCUT2D eigenvalue weighted by Crippen LogP contribution is -2.32. The minimum atomic E-state index is 0.552. The molecular weight excluding hydrogens is 190 g/mol. The Balaban J connectivity index is 3.88. The van der Waals surface area contributed by atoms with Crippen LogP contribution in [0.5, 0.6) is 0 Å². The lowest BCUT2D eigenvalue weighted by atomic mass is 10.2. The summed E-state index contributed by atoms with van der Waals surface area (Å²) in [6.45, 7) is 7.93. The van der Waals surface area contributed by atoms with E-state index in [9.17, 15) is 0 Å². The number of hydrogen-bond donors (Lipinski definition) is 1. The highest BCUT2D eigenvalue weighted by Gasteiger charge is 2.05. The van der Waals surface area contributed by atoms with Crippen molar-refractivity contribution in [1.82, 2.24) is 10.2 Å². The van der Waals surface area contributed by atoms with Crippen molar-refractivity contribution in [3.05, 3.63) is 12.2 Å². The summed E-state index contributed by atoms with van der Waals surface area (Å²) in [5.41, 5.74) is 1.13. The van der Waals surface area contributed by atoms with Crippen molar-refractivity contribution in [3.63, 3.8) is 0 Å². The molecule has 0 radical (unpaired) electrons. The van der Waals surface area contributed by atoms with Crippen LogP contribution in [0.2, 0.25) is 0 Å². The quantitative estimate of drug-likeness (QED) is 0.568. The predicted octanol–water partition coefficient (Wildman–Crippen LogP) is 0.624. The Morgan fingerprint density at radius 2 is 2.27 bits per heavy atom.